The van der Waals surface area contributed by atoms with Crippen LogP contribution in [0.1, 0.15) is 0 Å². The maximum Gasteiger partial charge on any atom is 0.165 e. The zero-order valence-corrected chi connectivity index (χ0v) is 5.70. The lowest BCUT2D eigenvalue weighted by Crippen LogP contribution is -2.11. The lowest BCUT2D eigenvalue weighted by atomic mass is 11.4. The summed E-state index contributed by atoms with van der Waals surface area (Å²) in [6, 6.07) is 0. The molecule has 7 heavy (non-hydrogen) atoms. The van der Waals surface area contributed by atoms with Crippen LogP contribution in [0.5, 0.6) is 0 Å². The van der Waals surface area contributed by atoms with Gasteiger partial charge in [-0.25, -0.2) is 0 Å². The first kappa shape index (κ1) is 5.40. The highest BCUT2D eigenvalue weighted by Crippen LogP contribution is 2.21. The summed E-state index contributed by atoms with van der Waals surface area (Å²) in [6.45, 7) is 0. The van der Waals surface area contributed by atoms with E-state index in [2.05, 4.69) is 10.5 Å². The highest BCUT2D eigenvalue weighted by atomic mass is 33.1. The number of nitrogens with zero attached hydrogens (tertiary/aromatic N) is 1. The molecule has 0 aromatic carbocycles. The molecule has 0 amide bonds. The highest BCUT2D eigenvalue weighted by molar-refractivity contribution is 8.88. The fraction of sp³-hybridized carbons (Fsp3) is 0. The standard InChI is InChI=1S/C2H2N2S3/c5-2-4-3-1-6-7-2/h1H,(H,4,5). The lowest BCUT2D eigenvalue weighted by molar-refractivity contribution is 1.08. The Labute approximate surface area is 54.5 Å². The lowest BCUT2D eigenvalue weighted by Gasteiger charge is -2.01. The number of thiocarbonyl (C=S) groups is 1. The molecular weight excluding hydrogens is 148 g/mol. The van der Waals surface area contributed by atoms with E-state index in [1.54, 1.807) is 5.55 Å². The van der Waals surface area contributed by atoms with Gasteiger partial charge in [-0.2, -0.15) is 5.10 Å². The summed E-state index contributed by atoms with van der Waals surface area (Å²) in [5.74, 6) is 0. The van der Waals surface area contributed by atoms with E-state index >= 15 is 0 Å². The SMILES string of the molecule is S=C1NN=CSS1. The van der Waals surface area contributed by atoms with E-state index in [1.807, 2.05) is 0 Å². The summed E-state index contributed by atoms with van der Waals surface area (Å²) in [6.07, 6.45) is 0. The Morgan fingerprint density at radius 1 is 1.86 bits per heavy atom. The van der Waals surface area contributed by atoms with Gasteiger partial charge in [0.2, 0.25) is 0 Å². The van der Waals surface area contributed by atoms with E-state index in [0.29, 0.717) is 0 Å². The average molecular weight is 150 g/mol. The maximum atomic E-state index is 4.72. The van der Waals surface area contributed by atoms with Gasteiger partial charge in [0.15, 0.2) is 4.32 Å². The summed E-state index contributed by atoms with van der Waals surface area (Å²) in [5, 5.41) is 3.68. The fourth-order valence-corrected chi connectivity index (χ4v) is 1.54. The van der Waals surface area contributed by atoms with Crippen LogP contribution >= 0.6 is 33.8 Å². The molecular formula is C2H2N2S3. The van der Waals surface area contributed by atoms with Gasteiger partial charge in [-0.15, -0.1) is 0 Å². The summed E-state index contributed by atoms with van der Waals surface area (Å²) >= 11 is 4.72. The van der Waals surface area contributed by atoms with Crippen molar-refractivity contribution >= 4 is 43.7 Å². The molecule has 1 heterocycles. The van der Waals surface area contributed by atoms with Crippen molar-refractivity contribution in [2.75, 3.05) is 0 Å². The van der Waals surface area contributed by atoms with Gasteiger partial charge in [-0.05, 0) is 21.6 Å². The molecule has 0 unspecified atom stereocenters. The Morgan fingerprint density at radius 2 is 2.71 bits per heavy atom. The van der Waals surface area contributed by atoms with E-state index in [9.17, 15) is 0 Å². The number of rotatable bonds is 0. The van der Waals surface area contributed by atoms with Crippen molar-refractivity contribution in [3.05, 3.63) is 0 Å². The Balaban J connectivity index is 2.47. The molecule has 0 spiro atoms. The predicted octanol–water partition coefficient (Wildman–Crippen LogP) is 1.20. The van der Waals surface area contributed by atoms with Crippen LogP contribution in [0.4, 0.5) is 0 Å². The molecule has 1 aliphatic rings. The minimum atomic E-state index is 0.729. The zero-order valence-electron chi connectivity index (χ0n) is 3.25. The molecule has 0 fully saturated rings. The monoisotopic (exact) mass is 150 g/mol. The van der Waals surface area contributed by atoms with Gasteiger partial charge in [-0.3, -0.25) is 5.43 Å². The van der Waals surface area contributed by atoms with Crippen LogP contribution in [-0.2, 0) is 0 Å². The Bertz CT molecular complexity index is 110. The molecule has 0 radical (unpaired) electrons. The Hall–Kier alpha value is 0.260. The van der Waals surface area contributed by atoms with Crippen molar-refractivity contribution < 1.29 is 0 Å². The van der Waals surface area contributed by atoms with E-state index in [1.165, 1.54) is 21.6 Å². The van der Waals surface area contributed by atoms with Gasteiger partial charge in [0.1, 0.15) is 0 Å². The number of hydrogen-bond donors (Lipinski definition) is 1. The molecule has 0 bridgehead atoms. The van der Waals surface area contributed by atoms with Crippen molar-refractivity contribution in [3.8, 4) is 0 Å². The second-order valence-electron chi connectivity index (χ2n) is 0.813. The molecule has 1 aliphatic heterocycles. The fourth-order valence-electron chi connectivity index (χ4n) is 0.184. The second kappa shape index (κ2) is 2.54. The first-order valence-electron chi connectivity index (χ1n) is 1.54. The molecule has 0 saturated carbocycles. The van der Waals surface area contributed by atoms with E-state index < -0.39 is 0 Å². The van der Waals surface area contributed by atoms with Gasteiger partial charge in [0.25, 0.3) is 0 Å². The smallest absolute Gasteiger partial charge is 0.165 e. The number of nitrogens with one attached hydrogen (secondary N) is 1. The second-order valence-corrected chi connectivity index (χ2v) is 3.54. The van der Waals surface area contributed by atoms with Gasteiger partial charge in [-0.1, -0.05) is 12.2 Å². The van der Waals surface area contributed by atoms with Crippen molar-refractivity contribution in [3.63, 3.8) is 0 Å². The maximum absolute atomic E-state index is 4.72. The normalized spacial score (nSPS) is 19.1. The van der Waals surface area contributed by atoms with Crippen LogP contribution in [0, 0.1) is 0 Å². The van der Waals surface area contributed by atoms with Crippen LogP contribution < -0.4 is 5.43 Å². The third-order valence-corrected chi connectivity index (χ3v) is 2.61. The van der Waals surface area contributed by atoms with Crippen molar-refractivity contribution in [1.29, 1.82) is 0 Å². The molecule has 1 rings (SSSR count). The first-order chi connectivity index (χ1) is 3.39. The number of hydrogen-bond acceptors (Lipinski definition) is 4. The quantitative estimate of drug-likeness (QED) is 0.414. The van der Waals surface area contributed by atoms with Crippen LogP contribution in [0.3, 0.4) is 0 Å². The molecule has 0 aromatic rings. The van der Waals surface area contributed by atoms with Crippen LogP contribution in [0.25, 0.3) is 0 Å². The average Bonchev–Trinajstić information content (AvgIpc) is 1.69. The van der Waals surface area contributed by atoms with Crippen molar-refractivity contribution in [2.24, 2.45) is 5.10 Å². The molecule has 0 atom stereocenters. The third kappa shape index (κ3) is 1.67. The van der Waals surface area contributed by atoms with Gasteiger partial charge in [0, 0.05) is 0 Å². The highest BCUT2D eigenvalue weighted by Gasteiger charge is 1.97. The first-order valence-corrected chi connectivity index (χ1v) is 4.16. The van der Waals surface area contributed by atoms with Crippen LogP contribution in [-0.4, -0.2) is 9.87 Å². The number of hydrazone groups is 1. The van der Waals surface area contributed by atoms with Gasteiger partial charge >= 0.3 is 0 Å². The molecule has 0 saturated heterocycles. The Kier molecular flexibility index (Phi) is 1.96. The molecule has 0 aliphatic carbocycles. The molecule has 38 valence electrons. The van der Waals surface area contributed by atoms with Gasteiger partial charge < -0.3 is 0 Å². The van der Waals surface area contributed by atoms with E-state index in [4.69, 9.17) is 12.2 Å². The summed E-state index contributed by atoms with van der Waals surface area (Å²) in [4.78, 5) is 0. The molecule has 1 N–H and O–H groups in total. The van der Waals surface area contributed by atoms with Gasteiger partial charge in [0.05, 0.1) is 5.55 Å². The van der Waals surface area contributed by atoms with Crippen molar-refractivity contribution in [2.45, 2.75) is 0 Å². The van der Waals surface area contributed by atoms with Crippen LogP contribution in [0.2, 0.25) is 0 Å². The zero-order chi connectivity index (χ0) is 5.11. The van der Waals surface area contributed by atoms with E-state index in [0.717, 1.165) is 4.32 Å². The molecule has 2 nitrogen and oxygen atoms in total. The molecule has 0 aromatic heterocycles. The summed E-state index contributed by atoms with van der Waals surface area (Å²) in [7, 11) is 3.03. The third-order valence-electron chi connectivity index (χ3n) is 0.375. The van der Waals surface area contributed by atoms with Crippen LogP contribution in [0.15, 0.2) is 5.10 Å². The minimum absolute atomic E-state index is 0.729. The Morgan fingerprint density at radius 3 is 3.00 bits per heavy atom. The molecule has 5 heteroatoms. The largest absolute Gasteiger partial charge is 0.261 e. The minimum Gasteiger partial charge on any atom is -0.261 e. The summed E-state index contributed by atoms with van der Waals surface area (Å²) < 4.78 is 0.729. The van der Waals surface area contributed by atoms with Crippen molar-refractivity contribution in [1.82, 2.24) is 5.43 Å². The predicted molar refractivity (Wildman–Crippen MR) is 39.4 cm³/mol. The van der Waals surface area contributed by atoms with E-state index in [-0.39, 0.29) is 0 Å². The summed E-state index contributed by atoms with van der Waals surface area (Å²) in [5.41, 5.74) is 4.33. The topological polar surface area (TPSA) is 24.4 Å².